The molecular weight excluding hydrogens is 376 g/mol. The first-order chi connectivity index (χ1) is 12.4. The Hall–Kier alpha value is -2.09. The van der Waals surface area contributed by atoms with Crippen molar-refractivity contribution >= 4 is 27.5 Å². The first-order valence-corrected chi connectivity index (χ1v) is 10.0. The zero-order valence-electron chi connectivity index (χ0n) is 14.4. The maximum Gasteiger partial charge on any atom is 0.240 e. The van der Waals surface area contributed by atoms with Crippen LogP contribution >= 0.6 is 11.6 Å². The Kier molecular flexibility index (Phi) is 7.44. The molecule has 0 saturated carbocycles. The van der Waals surface area contributed by atoms with E-state index in [0.717, 1.165) is 11.3 Å². The van der Waals surface area contributed by atoms with Crippen LogP contribution in [0, 0.1) is 0 Å². The Labute approximate surface area is 158 Å². The Morgan fingerprint density at radius 2 is 1.69 bits per heavy atom. The number of hydrogen-bond acceptors (Lipinski definition) is 4. The van der Waals surface area contributed by atoms with E-state index in [0.29, 0.717) is 11.6 Å². The zero-order valence-corrected chi connectivity index (χ0v) is 15.9. The minimum Gasteiger partial charge on any atom is -0.494 e. The third-order valence-electron chi connectivity index (χ3n) is 3.46. The molecule has 0 aromatic heterocycles. The van der Waals surface area contributed by atoms with Crippen LogP contribution in [0.2, 0.25) is 5.02 Å². The van der Waals surface area contributed by atoms with Gasteiger partial charge in [-0.25, -0.2) is 13.1 Å². The lowest BCUT2D eigenvalue weighted by molar-refractivity contribution is -0.120. The summed E-state index contributed by atoms with van der Waals surface area (Å²) in [4.78, 5) is 12.0. The summed E-state index contributed by atoms with van der Waals surface area (Å²) in [6, 6.07) is 13.1. The van der Waals surface area contributed by atoms with E-state index in [1.807, 2.05) is 31.2 Å². The van der Waals surface area contributed by atoms with Gasteiger partial charge in [0.15, 0.2) is 0 Å². The Morgan fingerprint density at radius 3 is 2.31 bits per heavy atom. The summed E-state index contributed by atoms with van der Waals surface area (Å²) in [6.45, 7) is 2.79. The van der Waals surface area contributed by atoms with Gasteiger partial charge in [0.2, 0.25) is 15.9 Å². The Morgan fingerprint density at radius 1 is 1.04 bits per heavy atom. The van der Waals surface area contributed by atoms with Gasteiger partial charge in [0.1, 0.15) is 5.75 Å². The molecule has 2 aromatic carbocycles. The molecule has 8 heteroatoms. The molecule has 0 spiro atoms. The molecule has 0 radical (unpaired) electrons. The fraction of sp³-hybridized carbons (Fsp3) is 0.278. The molecule has 1 amide bonds. The normalized spacial score (nSPS) is 11.2. The molecule has 0 aliphatic carbocycles. The van der Waals surface area contributed by atoms with E-state index in [1.54, 1.807) is 0 Å². The second-order valence-corrected chi connectivity index (χ2v) is 7.66. The summed E-state index contributed by atoms with van der Waals surface area (Å²) < 4.78 is 32.0. The average Bonchev–Trinajstić information content (AvgIpc) is 2.61. The van der Waals surface area contributed by atoms with E-state index in [4.69, 9.17) is 16.3 Å². The second kappa shape index (κ2) is 9.56. The first-order valence-electron chi connectivity index (χ1n) is 8.14. The van der Waals surface area contributed by atoms with Crippen molar-refractivity contribution in [3.05, 3.63) is 59.1 Å². The van der Waals surface area contributed by atoms with Gasteiger partial charge in [-0.1, -0.05) is 23.7 Å². The maximum atomic E-state index is 12.1. The van der Waals surface area contributed by atoms with Gasteiger partial charge in [-0.05, 0) is 48.9 Å². The molecule has 0 heterocycles. The number of sulfonamides is 1. The van der Waals surface area contributed by atoms with Gasteiger partial charge in [0, 0.05) is 18.1 Å². The number of rotatable bonds is 9. The molecule has 0 aliphatic rings. The standard InChI is InChI=1S/C18H21ClN2O4S/c1-2-25-16-7-3-14(4-8-16)13-18(22)20-11-12-21-26(23,24)17-9-5-15(19)6-10-17/h3-10,21H,2,11-13H2,1H3,(H,20,22). The molecule has 0 unspecified atom stereocenters. The molecule has 26 heavy (non-hydrogen) atoms. The number of nitrogens with one attached hydrogen (secondary N) is 2. The van der Waals surface area contributed by atoms with Gasteiger partial charge in [-0.2, -0.15) is 0 Å². The van der Waals surface area contributed by atoms with Crippen LogP contribution < -0.4 is 14.8 Å². The molecule has 0 aliphatic heterocycles. The fourth-order valence-corrected chi connectivity index (χ4v) is 3.36. The van der Waals surface area contributed by atoms with E-state index in [2.05, 4.69) is 10.0 Å². The van der Waals surface area contributed by atoms with Gasteiger partial charge >= 0.3 is 0 Å². The lowest BCUT2D eigenvalue weighted by atomic mass is 10.1. The van der Waals surface area contributed by atoms with Crippen molar-refractivity contribution in [2.75, 3.05) is 19.7 Å². The molecule has 0 fully saturated rings. The summed E-state index contributed by atoms with van der Waals surface area (Å²) in [7, 11) is -3.62. The smallest absolute Gasteiger partial charge is 0.240 e. The number of ether oxygens (including phenoxy) is 1. The highest BCUT2D eigenvalue weighted by Gasteiger charge is 2.13. The average molecular weight is 397 g/mol. The summed E-state index contributed by atoms with van der Waals surface area (Å²) >= 11 is 5.74. The summed E-state index contributed by atoms with van der Waals surface area (Å²) in [5.74, 6) is 0.577. The van der Waals surface area contributed by atoms with E-state index in [1.165, 1.54) is 24.3 Å². The minimum absolute atomic E-state index is 0.0972. The molecule has 0 bridgehead atoms. The monoisotopic (exact) mass is 396 g/mol. The molecule has 140 valence electrons. The van der Waals surface area contributed by atoms with Crippen molar-refractivity contribution in [3.63, 3.8) is 0 Å². The van der Waals surface area contributed by atoms with Gasteiger partial charge in [0.25, 0.3) is 0 Å². The number of amides is 1. The molecule has 2 N–H and O–H groups in total. The van der Waals surface area contributed by atoms with Crippen molar-refractivity contribution in [1.29, 1.82) is 0 Å². The lowest BCUT2D eigenvalue weighted by Gasteiger charge is -2.09. The Bertz CT molecular complexity index is 821. The van der Waals surface area contributed by atoms with Gasteiger partial charge < -0.3 is 10.1 Å². The number of benzene rings is 2. The summed E-state index contributed by atoms with van der Waals surface area (Å²) in [5.41, 5.74) is 0.854. The summed E-state index contributed by atoms with van der Waals surface area (Å²) in [6.07, 6.45) is 0.219. The van der Waals surface area contributed by atoms with Crippen molar-refractivity contribution in [2.45, 2.75) is 18.2 Å². The van der Waals surface area contributed by atoms with Crippen molar-refractivity contribution in [3.8, 4) is 5.75 Å². The Balaban J connectivity index is 1.75. The quantitative estimate of drug-likeness (QED) is 0.637. The second-order valence-electron chi connectivity index (χ2n) is 5.46. The molecule has 2 aromatic rings. The van der Waals surface area contributed by atoms with Gasteiger partial charge in [-0.15, -0.1) is 0 Å². The molecule has 2 rings (SSSR count). The van der Waals surface area contributed by atoms with Crippen LogP contribution in [0.3, 0.4) is 0 Å². The number of carbonyl (C=O) groups is 1. The number of hydrogen-bond donors (Lipinski definition) is 2. The molecule has 0 saturated heterocycles. The van der Waals surface area contributed by atoms with Crippen LogP contribution in [-0.2, 0) is 21.2 Å². The highest BCUT2D eigenvalue weighted by atomic mass is 35.5. The van der Waals surface area contributed by atoms with E-state index < -0.39 is 10.0 Å². The SMILES string of the molecule is CCOc1ccc(CC(=O)NCCNS(=O)(=O)c2ccc(Cl)cc2)cc1. The highest BCUT2D eigenvalue weighted by Crippen LogP contribution is 2.14. The van der Waals surface area contributed by atoms with E-state index >= 15 is 0 Å². The van der Waals surface area contributed by atoms with E-state index in [9.17, 15) is 13.2 Å². The topological polar surface area (TPSA) is 84.5 Å². The molecular formula is C18H21ClN2O4S. The fourth-order valence-electron chi connectivity index (χ4n) is 2.20. The van der Waals surface area contributed by atoms with Crippen LogP contribution in [0.4, 0.5) is 0 Å². The predicted molar refractivity (Wildman–Crippen MR) is 101 cm³/mol. The molecule has 0 atom stereocenters. The zero-order chi connectivity index (χ0) is 19.0. The van der Waals surface area contributed by atoms with E-state index in [-0.39, 0.29) is 30.3 Å². The van der Waals surface area contributed by atoms with Crippen molar-refractivity contribution < 1.29 is 17.9 Å². The van der Waals surface area contributed by atoms with Crippen molar-refractivity contribution in [2.24, 2.45) is 0 Å². The number of carbonyl (C=O) groups excluding carboxylic acids is 1. The van der Waals surface area contributed by atoms with Crippen LogP contribution in [0.25, 0.3) is 0 Å². The maximum absolute atomic E-state index is 12.1. The predicted octanol–water partition coefficient (Wildman–Crippen LogP) is 2.38. The van der Waals surface area contributed by atoms with Gasteiger partial charge in [-0.3, -0.25) is 4.79 Å². The lowest BCUT2D eigenvalue weighted by Crippen LogP contribution is -2.35. The third kappa shape index (κ3) is 6.33. The summed E-state index contributed by atoms with van der Waals surface area (Å²) in [5, 5.41) is 3.15. The van der Waals surface area contributed by atoms with Gasteiger partial charge in [0.05, 0.1) is 17.9 Å². The van der Waals surface area contributed by atoms with Crippen LogP contribution in [0.5, 0.6) is 5.75 Å². The highest BCUT2D eigenvalue weighted by molar-refractivity contribution is 7.89. The van der Waals surface area contributed by atoms with Crippen molar-refractivity contribution in [1.82, 2.24) is 10.0 Å². The molecule has 6 nitrogen and oxygen atoms in total. The minimum atomic E-state index is -3.62. The third-order valence-corrected chi connectivity index (χ3v) is 5.19. The first kappa shape index (κ1) is 20.2. The number of halogens is 1. The van der Waals surface area contributed by atoms with Crippen LogP contribution in [0.15, 0.2) is 53.4 Å². The van der Waals surface area contributed by atoms with Crippen LogP contribution in [0.1, 0.15) is 12.5 Å². The van der Waals surface area contributed by atoms with Crippen LogP contribution in [-0.4, -0.2) is 34.0 Å². The largest absolute Gasteiger partial charge is 0.494 e.